The standard InChI is InChI=1S/C18H18F2N2O/c19-15-6-3-7-16(20)18(15)21-17(23)9-11-22-10-8-13-4-1-2-5-14(13)12-22/h1-7H,8-12H2,(H,21,23). The van der Waals surface area contributed by atoms with Gasteiger partial charge in [-0.25, -0.2) is 8.78 Å². The van der Waals surface area contributed by atoms with Gasteiger partial charge in [0, 0.05) is 26.1 Å². The average Bonchev–Trinajstić information content (AvgIpc) is 2.56. The third kappa shape index (κ3) is 3.74. The highest BCUT2D eigenvalue weighted by molar-refractivity contribution is 5.91. The summed E-state index contributed by atoms with van der Waals surface area (Å²) < 4.78 is 27.0. The Balaban J connectivity index is 1.54. The van der Waals surface area contributed by atoms with Crippen molar-refractivity contribution in [1.29, 1.82) is 0 Å². The lowest BCUT2D eigenvalue weighted by Crippen LogP contribution is -2.33. The molecule has 3 rings (SSSR count). The molecule has 0 spiro atoms. The molecule has 23 heavy (non-hydrogen) atoms. The lowest BCUT2D eigenvalue weighted by molar-refractivity contribution is -0.116. The Kier molecular flexibility index (Phi) is 4.67. The van der Waals surface area contributed by atoms with E-state index in [0.29, 0.717) is 6.54 Å². The Morgan fingerprint density at radius 2 is 1.74 bits per heavy atom. The van der Waals surface area contributed by atoms with Gasteiger partial charge in [-0.1, -0.05) is 30.3 Å². The molecule has 120 valence electrons. The van der Waals surface area contributed by atoms with Crippen LogP contribution in [0.5, 0.6) is 0 Å². The lowest BCUT2D eigenvalue weighted by atomic mass is 10.00. The van der Waals surface area contributed by atoms with Gasteiger partial charge in [-0.05, 0) is 29.7 Å². The van der Waals surface area contributed by atoms with Crippen LogP contribution >= 0.6 is 0 Å². The number of nitrogens with zero attached hydrogens (tertiary/aromatic N) is 1. The third-order valence-corrected chi connectivity index (χ3v) is 4.09. The first-order valence-electron chi connectivity index (χ1n) is 7.66. The highest BCUT2D eigenvalue weighted by atomic mass is 19.1. The molecule has 0 saturated carbocycles. The van der Waals surface area contributed by atoms with Crippen molar-refractivity contribution >= 4 is 11.6 Å². The van der Waals surface area contributed by atoms with Gasteiger partial charge in [0.2, 0.25) is 5.91 Å². The van der Waals surface area contributed by atoms with E-state index in [4.69, 9.17) is 0 Å². The second-order valence-corrected chi connectivity index (χ2v) is 5.69. The smallest absolute Gasteiger partial charge is 0.225 e. The zero-order valence-corrected chi connectivity index (χ0v) is 12.7. The van der Waals surface area contributed by atoms with E-state index in [9.17, 15) is 13.6 Å². The van der Waals surface area contributed by atoms with Gasteiger partial charge in [-0.2, -0.15) is 0 Å². The number of halogens is 2. The van der Waals surface area contributed by atoms with E-state index in [-0.39, 0.29) is 18.0 Å². The molecule has 1 aliphatic heterocycles. The second-order valence-electron chi connectivity index (χ2n) is 5.69. The molecule has 0 atom stereocenters. The molecule has 1 aliphatic rings. The van der Waals surface area contributed by atoms with E-state index in [0.717, 1.165) is 31.6 Å². The topological polar surface area (TPSA) is 32.3 Å². The van der Waals surface area contributed by atoms with Gasteiger partial charge in [0.15, 0.2) is 0 Å². The number of benzene rings is 2. The number of amides is 1. The highest BCUT2D eigenvalue weighted by Gasteiger charge is 2.17. The lowest BCUT2D eigenvalue weighted by Gasteiger charge is -2.28. The minimum atomic E-state index is -0.759. The molecular weight excluding hydrogens is 298 g/mol. The summed E-state index contributed by atoms with van der Waals surface area (Å²) in [4.78, 5) is 14.1. The third-order valence-electron chi connectivity index (χ3n) is 4.09. The second kappa shape index (κ2) is 6.87. The van der Waals surface area contributed by atoms with Gasteiger partial charge < -0.3 is 5.32 Å². The van der Waals surface area contributed by atoms with E-state index >= 15 is 0 Å². The maximum Gasteiger partial charge on any atom is 0.225 e. The van der Waals surface area contributed by atoms with Crippen molar-refractivity contribution in [3.8, 4) is 0 Å². The SMILES string of the molecule is O=C(CCN1CCc2ccccc2C1)Nc1c(F)cccc1F. The van der Waals surface area contributed by atoms with Crippen molar-refractivity contribution in [1.82, 2.24) is 4.90 Å². The minimum Gasteiger partial charge on any atom is -0.321 e. The largest absolute Gasteiger partial charge is 0.321 e. The van der Waals surface area contributed by atoms with Crippen LogP contribution in [-0.2, 0) is 17.8 Å². The number of fused-ring (bicyclic) bond motifs is 1. The van der Waals surface area contributed by atoms with Crippen LogP contribution in [0.15, 0.2) is 42.5 Å². The fourth-order valence-corrected chi connectivity index (χ4v) is 2.82. The van der Waals surface area contributed by atoms with E-state index in [2.05, 4.69) is 22.3 Å². The van der Waals surface area contributed by atoms with Gasteiger partial charge in [0.25, 0.3) is 0 Å². The fraction of sp³-hybridized carbons (Fsp3) is 0.278. The van der Waals surface area contributed by atoms with Crippen molar-refractivity contribution < 1.29 is 13.6 Å². The molecule has 0 aromatic heterocycles. The quantitative estimate of drug-likeness (QED) is 0.938. The van der Waals surface area contributed by atoms with Gasteiger partial charge >= 0.3 is 0 Å². The van der Waals surface area contributed by atoms with E-state index in [1.807, 2.05) is 12.1 Å². The summed E-state index contributed by atoms with van der Waals surface area (Å²) in [6.07, 6.45) is 1.16. The van der Waals surface area contributed by atoms with Crippen molar-refractivity contribution in [2.24, 2.45) is 0 Å². The van der Waals surface area contributed by atoms with Crippen LogP contribution < -0.4 is 5.32 Å². The number of anilines is 1. The summed E-state index contributed by atoms with van der Waals surface area (Å²) in [5.41, 5.74) is 2.25. The zero-order valence-electron chi connectivity index (χ0n) is 12.7. The van der Waals surface area contributed by atoms with Crippen LogP contribution in [0.1, 0.15) is 17.5 Å². The summed E-state index contributed by atoms with van der Waals surface area (Å²) in [7, 11) is 0. The molecule has 0 saturated heterocycles. The van der Waals surface area contributed by atoms with Crippen LogP contribution in [0.25, 0.3) is 0 Å². The number of hydrogen-bond acceptors (Lipinski definition) is 2. The maximum absolute atomic E-state index is 13.5. The molecule has 0 bridgehead atoms. The first-order chi connectivity index (χ1) is 11.1. The Morgan fingerprint density at radius 3 is 2.48 bits per heavy atom. The Morgan fingerprint density at radius 1 is 1.04 bits per heavy atom. The Bertz CT molecular complexity index is 698. The first kappa shape index (κ1) is 15.6. The maximum atomic E-state index is 13.5. The number of para-hydroxylation sites is 1. The number of carbonyl (C=O) groups is 1. The number of nitrogens with one attached hydrogen (secondary N) is 1. The van der Waals surface area contributed by atoms with Crippen molar-refractivity contribution in [2.45, 2.75) is 19.4 Å². The minimum absolute atomic E-state index is 0.204. The van der Waals surface area contributed by atoms with Crippen molar-refractivity contribution in [2.75, 3.05) is 18.4 Å². The summed E-state index contributed by atoms with van der Waals surface area (Å²) in [5.74, 6) is -1.90. The summed E-state index contributed by atoms with van der Waals surface area (Å²) in [6.45, 7) is 2.26. The van der Waals surface area contributed by atoms with Gasteiger partial charge in [-0.15, -0.1) is 0 Å². The summed E-state index contributed by atoms with van der Waals surface area (Å²) in [5, 5.41) is 2.32. The van der Waals surface area contributed by atoms with Gasteiger partial charge in [0.1, 0.15) is 17.3 Å². The highest BCUT2D eigenvalue weighted by Crippen LogP contribution is 2.20. The summed E-state index contributed by atoms with van der Waals surface area (Å²) in [6, 6.07) is 11.8. The van der Waals surface area contributed by atoms with Gasteiger partial charge in [0.05, 0.1) is 0 Å². The molecule has 5 heteroatoms. The molecule has 3 nitrogen and oxygen atoms in total. The molecule has 0 aliphatic carbocycles. The zero-order chi connectivity index (χ0) is 16.2. The van der Waals surface area contributed by atoms with Gasteiger partial charge in [-0.3, -0.25) is 9.69 Å². The molecule has 2 aromatic carbocycles. The predicted octanol–water partition coefficient (Wildman–Crippen LogP) is 3.35. The number of rotatable bonds is 4. The molecule has 0 unspecified atom stereocenters. The molecule has 2 aromatic rings. The van der Waals surface area contributed by atoms with E-state index in [1.165, 1.54) is 17.2 Å². The summed E-state index contributed by atoms with van der Waals surface area (Å²) >= 11 is 0. The number of carbonyl (C=O) groups excluding carboxylic acids is 1. The number of hydrogen-bond donors (Lipinski definition) is 1. The van der Waals surface area contributed by atoms with Crippen molar-refractivity contribution in [3.05, 3.63) is 65.2 Å². The predicted molar refractivity (Wildman–Crippen MR) is 85.0 cm³/mol. The monoisotopic (exact) mass is 316 g/mol. The molecule has 0 fully saturated rings. The van der Waals surface area contributed by atoms with Crippen LogP contribution in [0.2, 0.25) is 0 Å². The van der Waals surface area contributed by atoms with Crippen LogP contribution in [0, 0.1) is 11.6 Å². The Labute approximate surface area is 133 Å². The first-order valence-corrected chi connectivity index (χ1v) is 7.66. The molecule has 0 radical (unpaired) electrons. The van der Waals surface area contributed by atoms with Crippen LogP contribution in [-0.4, -0.2) is 23.9 Å². The fourth-order valence-electron chi connectivity index (χ4n) is 2.82. The molecule has 1 heterocycles. The normalized spacial score (nSPS) is 14.3. The van der Waals surface area contributed by atoms with Crippen LogP contribution in [0.3, 0.4) is 0 Å². The Hall–Kier alpha value is -2.27. The molecule has 1 amide bonds. The van der Waals surface area contributed by atoms with Crippen molar-refractivity contribution in [3.63, 3.8) is 0 Å². The van der Waals surface area contributed by atoms with E-state index < -0.39 is 11.6 Å². The van der Waals surface area contributed by atoms with Crippen LogP contribution in [0.4, 0.5) is 14.5 Å². The molecular formula is C18H18F2N2O. The van der Waals surface area contributed by atoms with E-state index in [1.54, 1.807) is 0 Å². The molecule has 1 N–H and O–H groups in total. The average molecular weight is 316 g/mol.